The predicted molar refractivity (Wildman–Crippen MR) is 82.4 cm³/mol. The average molecular weight is 314 g/mol. The van der Waals surface area contributed by atoms with E-state index in [9.17, 15) is 18.5 Å². The summed E-state index contributed by atoms with van der Waals surface area (Å²) in [5, 5.41) is 14.6. The highest BCUT2D eigenvalue weighted by molar-refractivity contribution is 7.90. The van der Waals surface area contributed by atoms with Crippen LogP contribution in [0.15, 0.2) is 23.1 Å². The van der Waals surface area contributed by atoms with Gasteiger partial charge in [0, 0.05) is 23.8 Å². The van der Waals surface area contributed by atoms with Crippen molar-refractivity contribution < 1.29 is 13.3 Å². The maximum absolute atomic E-state index is 11.8. The second-order valence-corrected chi connectivity index (χ2v) is 7.24. The summed E-state index contributed by atoms with van der Waals surface area (Å²) in [5.41, 5.74) is 0.136. The summed E-state index contributed by atoms with van der Waals surface area (Å²) in [6.07, 6.45) is 1.95. The maximum Gasteiger partial charge on any atom is 0.291 e. The first-order valence-electron chi connectivity index (χ1n) is 6.90. The lowest BCUT2D eigenvalue weighted by Crippen LogP contribution is -2.31. The summed E-state index contributed by atoms with van der Waals surface area (Å²) in [4.78, 5) is 10.5. The van der Waals surface area contributed by atoms with Crippen molar-refractivity contribution in [2.75, 3.05) is 12.8 Å². The van der Waals surface area contributed by atoms with Crippen molar-refractivity contribution in [3.8, 4) is 0 Å². The number of nitro groups is 1. The molecule has 0 fully saturated rings. The number of para-hydroxylation sites is 1. The third kappa shape index (κ3) is 4.25. The van der Waals surface area contributed by atoms with Gasteiger partial charge < -0.3 is 5.32 Å². The molecule has 0 aliphatic carbocycles. The number of nitrogens with zero attached hydrogens (tertiary/aromatic N) is 1. The minimum Gasteiger partial charge on any atom is -0.314 e. The molecule has 0 saturated heterocycles. The van der Waals surface area contributed by atoms with Crippen molar-refractivity contribution in [1.82, 2.24) is 5.32 Å². The molecule has 0 radical (unpaired) electrons. The van der Waals surface area contributed by atoms with E-state index in [1.54, 1.807) is 12.1 Å². The van der Waals surface area contributed by atoms with Crippen molar-refractivity contribution in [3.63, 3.8) is 0 Å². The van der Waals surface area contributed by atoms with Gasteiger partial charge in [-0.05, 0) is 26.0 Å². The van der Waals surface area contributed by atoms with Crippen LogP contribution in [0.25, 0.3) is 0 Å². The predicted octanol–water partition coefficient (Wildman–Crippen LogP) is 2.49. The van der Waals surface area contributed by atoms with Gasteiger partial charge in [-0.1, -0.05) is 26.0 Å². The number of nitrogens with one attached hydrogen (secondary N) is 1. The summed E-state index contributed by atoms with van der Waals surface area (Å²) >= 11 is 0. The lowest BCUT2D eigenvalue weighted by atomic mass is 9.93. The first kappa shape index (κ1) is 17.6. The van der Waals surface area contributed by atoms with E-state index in [1.807, 2.05) is 20.8 Å². The topological polar surface area (TPSA) is 89.3 Å². The average Bonchev–Trinajstić information content (AvgIpc) is 2.41. The van der Waals surface area contributed by atoms with Gasteiger partial charge >= 0.3 is 0 Å². The van der Waals surface area contributed by atoms with Crippen molar-refractivity contribution in [2.24, 2.45) is 0 Å². The molecule has 7 heteroatoms. The fraction of sp³-hybridized carbons (Fsp3) is 0.571. The molecule has 1 aromatic rings. The summed E-state index contributed by atoms with van der Waals surface area (Å²) in [6, 6.07) is 4.48. The quantitative estimate of drug-likeness (QED) is 0.617. The van der Waals surface area contributed by atoms with Crippen LogP contribution in [0.3, 0.4) is 0 Å². The molecule has 2 atom stereocenters. The van der Waals surface area contributed by atoms with Crippen LogP contribution in [0.2, 0.25) is 0 Å². The number of benzene rings is 1. The zero-order valence-corrected chi connectivity index (χ0v) is 13.6. The van der Waals surface area contributed by atoms with E-state index in [0.29, 0.717) is 5.56 Å². The Labute approximate surface area is 125 Å². The molecule has 1 rings (SSSR count). The summed E-state index contributed by atoms with van der Waals surface area (Å²) in [5.74, 6) is -0.168. The zero-order chi connectivity index (χ0) is 16.2. The molecular weight excluding hydrogens is 292 g/mol. The highest BCUT2D eigenvalue weighted by Gasteiger charge is 2.29. The smallest absolute Gasteiger partial charge is 0.291 e. The zero-order valence-electron chi connectivity index (χ0n) is 12.8. The molecule has 0 aliphatic rings. The molecule has 0 spiro atoms. The largest absolute Gasteiger partial charge is 0.314 e. The number of hydrogen-bond donors (Lipinski definition) is 1. The Morgan fingerprint density at radius 2 is 1.95 bits per heavy atom. The Bertz CT molecular complexity index is 613. The van der Waals surface area contributed by atoms with Crippen molar-refractivity contribution >= 4 is 15.5 Å². The van der Waals surface area contributed by atoms with Crippen LogP contribution in [-0.4, -0.2) is 32.2 Å². The van der Waals surface area contributed by atoms with Crippen molar-refractivity contribution in [2.45, 2.75) is 44.0 Å². The molecular formula is C14H22N2O4S. The van der Waals surface area contributed by atoms with Gasteiger partial charge in [-0.2, -0.15) is 0 Å². The Hall–Kier alpha value is -1.47. The van der Waals surface area contributed by atoms with Gasteiger partial charge in [0.1, 0.15) is 4.90 Å². The number of nitro benzene ring substituents is 1. The molecule has 1 N–H and O–H groups in total. The molecule has 0 amide bonds. The van der Waals surface area contributed by atoms with E-state index in [0.717, 1.165) is 19.2 Å². The highest BCUT2D eigenvalue weighted by Crippen LogP contribution is 2.34. The molecule has 0 aromatic heterocycles. The van der Waals surface area contributed by atoms with Crippen LogP contribution < -0.4 is 5.32 Å². The number of hydrogen-bond acceptors (Lipinski definition) is 5. The van der Waals surface area contributed by atoms with Crippen LogP contribution >= 0.6 is 0 Å². The SMILES string of the molecule is CCCNC(C)C(C)c1cccc(S(C)(=O)=O)c1[N+](=O)[O-]. The Balaban J connectivity index is 3.33. The van der Waals surface area contributed by atoms with E-state index >= 15 is 0 Å². The fourth-order valence-electron chi connectivity index (χ4n) is 2.22. The van der Waals surface area contributed by atoms with Crippen LogP contribution in [0.4, 0.5) is 5.69 Å². The third-order valence-electron chi connectivity index (χ3n) is 3.57. The Morgan fingerprint density at radius 1 is 1.33 bits per heavy atom. The van der Waals surface area contributed by atoms with Crippen LogP contribution in [0.5, 0.6) is 0 Å². The molecule has 21 heavy (non-hydrogen) atoms. The molecule has 6 nitrogen and oxygen atoms in total. The molecule has 2 unspecified atom stereocenters. The van der Waals surface area contributed by atoms with Crippen molar-refractivity contribution in [1.29, 1.82) is 0 Å². The van der Waals surface area contributed by atoms with Crippen LogP contribution in [0, 0.1) is 10.1 Å². The van der Waals surface area contributed by atoms with Crippen LogP contribution in [0.1, 0.15) is 38.7 Å². The molecule has 0 bridgehead atoms. The van der Waals surface area contributed by atoms with Gasteiger partial charge in [-0.25, -0.2) is 8.42 Å². The summed E-state index contributed by atoms with van der Waals surface area (Å²) < 4.78 is 23.5. The minimum atomic E-state index is -3.64. The maximum atomic E-state index is 11.8. The fourth-order valence-corrected chi connectivity index (χ4v) is 3.09. The first-order valence-corrected chi connectivity index (χ1v) is 8.80. The standard InChI is InChI=1S/C14H22N2O4S/c1-5-9-15-11(3)10(2)12-7-6-8-13(21(4,19)20)14(12)16(17)18/h6-8,10-11,15H,5,9H2,1-4H3. The molecule has 118 valence electrons. The third-order valence-corrected chi connectivity index (χ3v) is 4.70. The van der Waals surface area contributed by atoms with Gasteiger partial charge in [0.15, 0.2) is 9.84 Å². The number of rotatable bonds is 7. The molecule has 0 saturated carbocycles. The Morgan fingerprint density at radius 3 is 2.43 bits per heavy atom. The Kier molecular flexibility index (Phi) is 5.86. The van der Waals surface area contributed by atoms with Gasteiger partial charge in [0.05, 0.1) is 4.92 Å². The van der Waals surface area contributed by atoms with Crippen molar-refractivity contribution in [3.05, 3.63) is 33.9 Å². The highest BCUT2D eigenvalue weighted by atomic mass is 32.2. The summed E-state index contributed by atoms with van der Waals surface area (Å²) in [7, 11) is -3.64. The summed E-state index contributed by atoms with van der Waals surface area (Å²) in [6.45, 7) is 6.65. The van der Waals surface area contributed by atoms with Gasteiger partial charge in [0.2, 0.25) is 0 Å². The molecule has 0 heterocycles. The first-order chi connectivity index (χ1) is 9.70. The van der Waals surface area contributed by atoms with E-state index < -0.39 is 14.8 Å². The lowest BCUT2D eigenvalue weighted by Gasteiger charge is -2.22. The van der Waals surface area contributed by atoms with E-state index in [1.165, 1.54) is 6.07 Å². The lowest BCUT2D eigenvalue weighted by molar-refractivity contribution is -0.388. The van der Waals surface area contributed by atoms with Gasteiger partial charge in [0.25, 0.3) is 5.69 Å². The van der Waals surface area contributed by atoms with Gasteiger partial charge in [-0.3, -0.25) is 10.1 Å². The van der Waals surface area contributed by atoms with E-state index in [4.69, 9.17) is 0 Å². The van der Waals surface area contributed by atoms with E-state index in [-0.39, 0.29) is 22.5 Å². The van der Waals surface area contributed by atoms with Gasteiger partial charge in [-0.15, -0.1) is 0 Å². The minimum absolute atomic E-state index is 0.0125. The molecule has 1 aromatic carbocycles. The number of sulfone groups is 1. The van der Waals surface area contributed by atoms with Crippen LogP contribution in [-0.2, 0) is 9.84 Å². The van der Waals surface area contributed by atoms with E-state index in [2.05, 4.69) is 5.32 Å². The second-order valence-electron chi connectivity index (χ2n) is 5.25. The second kappa shape index (κ2) is 7.00. The monoisotopic (exact) mass is 314 g/mol. The normalized spacial score (nSPS) is 14.7. The molecule has 0 aliphatic heterocycles.